The molecule has 0 saturated carbocycles. The molecule has 1 aromatic rings. The lowest BCUT2D eigenvalue weighted by molar-refractivity contribution is 0.601. The summed E-state index contributed by atoms with van der Waals surface area (Å²) in [7, 11) is 0. The predicted molar refractivity (Wildman–Crippen MR) is 67.1 cm³/mol. The molecule has 0 aliphatic heterocycles. The first-order valence-electron chi connectivity index (χ1n) is 6.18. The molecule has 1 aliphatic carbocycles. The van der Waals surface area contributed by atoms with E-state index in [0.717, 1.165) is 18.5 Å². The third-order valence-corrected chi connectivity index (χ3v) is 3.11. The Hall–Kier alpha value is -1.15. The molecule has 0 radical (unpaired) electrons. The van der Waals surface area contributed by atoms with Crippen LogP contribution in [0, 0.1) is 0 Å². The van der Waals surface area contributed by atoms with Crippen molar-refractivity contribution < 1.29 is 0 Å². The second-order valence-electron chi connectivity index (χ2n) is 4.60. The Morgan fingerprint density at radius 1 is 1.25 bits per heavy atom. The minimum Gasteiger partial charge on any atom is -0.327 e. The summed E-state index contributed by atoms with van der Waals surface area (Å²) in [4.78, 5) is 4.31. The topological polar surface area (TPSA) is 38.9 Å². The van der Waals surface area contributed by atoms with E-state index in [1.807, 2.05) is 18.3 Å². The number of allylic oxidation sites excluding steroid dienone is 1. The zero-order valence-electron chi connectivity index (χ0n) is 9.73. The molecule has 0 amide bonds. The van der Waals surface area contributed by atoms with Crippen molar-refractivity contribution in [3.05, 3.63) is 41.7 Å². The van der Waals surface area contributed by atoms with Gasteiger partial charge in [0.1, 0.15) is 0 Å². The van der Waals surface area contributed by atoms with Crippen LogP contribution in [0.2, 0.25) is 0 Å². The second-order valence-corrected chi connectivity index (χ2v) is 4.60. The minimum absolute atomic E-state index is 0.222. The Morgan fingerprint density at radius 3 is 2.88 bits per heavy atom. The van der Waals surface area contributed by atoms with E-state index in [-0.39, 0.29) is 6.04 Å². The molecule has 1 aliphatic rings. The molecular formula is C14H20N2. The third-order valence-electron chi connectivity index (χ3n) is 3.11. The van der Waals surface area contributed by atoms with Crippen LogP contribution >= 0.6 is 0 Å². The first-order valence-corrected chi connectivity index (χ1v) is 6.18. The summed E-state index contributed by atoms with van der Waals surface area (Å²) in [5, 5.41) is 0. The van der Waals surface area contributed by atoms with Gasteiger partial charge in [0.15, 0.2) is 0 Å². The molecule has 0 saturated heterocycles. The van der Waals surface area contributed by atoms with Crippen molar-refractivity contribution in [2.45, 2.75) is 44.6 Å². The maximum Gasteiger partial charge on any atom is 0.0419 e. The molecule has 1 aromatic heterocycles. The van der Waals surface area contributed by atoms with Crippen LogP contribution in [0.25, 0.3) is 0 Å². The molecule has 2 heteroatoms. The van der Waals surface area contributed by atoms with Crippen LogP contribution in [0.4, 0.5) is 0 Å². The standard InChI is InChI=1S/C14H20N2/c15-13(10-12-6-2-1-3-7-12)11-14-8-4-5-9-16-14/h4-6,8-9,13H,1-3,7,10-11,15H2. The van der Waals surface area contributed by atoms with Crippen molar-refractivity contribution in [3.8, 4) is 0 Å². The van der Waals surface area contributed by atoms with Crippen LogP contribution in [-0.4, -0.2) is 11.0 Å². The van der Waals surface area contributed by atoms with Crippen LogP contribution in [-0.2, 0) is 6.42 Å². The van der Waals surface area contributed by atoms with Gasteiger partial charge in [0.2, 0.25) is 0 Å². The lowest BCUT2D eigenvalue weighted by Crippen LogP contribution is -2.24. The average Bonchev–Trinajstić information content (AvgIpc) is 2.31. The number of nitrogens with zero attached hydrogens (tertiary/aromatic N) is 1. The molecule has 2 nitrogen and oxygen atoms in total. The Labute approximate surface area is 97.6 Å². The first-order chi connectivity index (χ1) is 7.84. The summed E-state index contributed by atoms with van der Waals surface area (Å²) < 4.78 is 0. The molecule has 2 N–H and O–H groups in total. The molecule has 0 fully saturated rings. The Bertz CT molecular complexity index is 343. The molecule has 0 bridgehead atoms. The molecule has 1 atom stereocenters. The van der Waals surface area contributed by atoms with Gasteiger partial charge in [0.05, 0.1) is 0 Å². The number of pyridine rings is 1. The molecule has 1 heterocycles. The van der Waals surface area contributed by atoms with Crippen LogP contribution < -0.4 is 5.73 Å². The average molecular weight is 216 g/mol. The fourth-order valence-electron chi connectivity index (χ4n) is 2.29. The van der Waals surface area contributed by atoms with E-state index in [4.69, 9.17) is 5.73 Å². The highest BCUT2D eigenvalue weighted by molar-refractivity contribution is 5.10. The normalized spacial score (nSPS) is 17.9. The maximum atomic E-state index is 6.16. The van der Waals surface area contributed by atoms with E-state index in [2.05, 4.69) is 17.1 Å². The second kappa shape index (κ2) is 5.80. The van der Waals surface area contributed by atoms with Gasteiger partial charge in [-0.15, -0.1) is 0 Å². The summed E-state index contributed by atoms with van der Waals surface area (Å²) in [6.07, 6.45) is 11.3. The SMILES string of the molecule is NC(CC1=CCCCC1)Cc1ccccn1. The highest BCUT2D eigenvalue weighted by atomic mass is 14.7. The van der Waals surface area contributed by atoms with E-state index in [1.165, 1.54) is 25.7 Å². The highest BCUT2D eigenvalue weighted by Gasteiger charge is 2.10. The van der Waals surface area contributed by atoms with E-state index >= 15 is 0 Å². The Balaban J connectivity index is 1.84. The summed E-state index contributed by atoms with van der Waals surface area (Å²) in [6, 6.07) is 6.24. The van der Waals surface area contributed by atoms with Crippen molar-refractivity contribution in [1.82, 2.24) is 4.98 Å². The zero-order chi connectivity index (χ0) is 11.2. The molecular weight excluding hydrogens is 196 g/mol. The molecule has 2 rings (SSSR count). The van der Waals surface area contributed by atoms with Gasteiger partial charge in [-0.25, -0.2) is 0 Å². The van der Waals surface area contributed by atoms with Crippen LogP contribution in [0.5, 0.6) is 0 Å². The van der Waals surface area contributed by atoms with E-state index in [0.29, 0.717) is 0 Å². The van der Waals surface area contributed by atoms with Gasteiger partial charge >= 0.3 is 0 Å². The van der Waals surface area contributed by atoms with Gasteiger partial charge in [0.25, 0.3) is 0 Å². The summed E-state index contributed by atoms with van der Waals surface area (Å²) in [6.45, 7) is 0. The summed E-state index contributed by atoms with van der Waals surface area (Å²) in [5.74, 6) is 0. The van der Waals surface area contributed by atoms with Gasteiger partial charge in [-0.2, -0.15) is 0 Å². The van der Waals surface area contributed by atoms with Crippen molar-refractivity contribution >= 4 is 0 Å². The van der Waals surface area contributed by atoms with Crippen molar-refractivity contribution in [2.75, 3.05) is 0 Å². The zero-order valence-corrected chi connectivity index (χ0v) is 9.73. The Morgan fingerprint density at radius 2 is 2.19 bits per heavy atom. The van der Waals surface area contributed by atoms with Crippen LogP contribution in [0.1, 0.15) is 37.8 Å². The van der Waals surface area contributed by atoms with E-state index < -0.39 is 0 Å². The number of aromatic nitrogens is 1. The monoisotopic (exact) mass is 216 g/mol. The Kier molecular flexibility index (Phi) is 4.11. The lowest BCUT2D eigenvalue weighted by Gasteiger charge is -2.17. The van der Waals surface area contributed by atoms with Crippen molar-refractivity contribution in [3.63, 3.8) is 0 Å². The van der Waals surface area contributed by atoms with Gasteiger partial charge in [0, 0.05) is 24.4 Å². The number of nitrogens with two attached hydrogens (primary N) is 1. The summed E-state index contributed by atoms with van der Waals surface area (Å²) >= 11 is 0. The third kappa shape index (κ3) is 3.46. The molecule has 1 unspecified atom stereocenters. The van der Waals surface area contributed by atoms with E-state index in [1.54, 1.807) is 5.57 Å². The van der Waals surface area contributed by atoms with Gasteiger partial charge in [-0.1, -0.05) is 17.7 Å². The first kappa shape index (κ1) is 11.3. The predicted octanol–water partition coefficient (Wildman–Crippen LogP) is 2.84. The molecule has 16 heavy (non-hydrogen) atoms. The fourth-order valence-corrected chi connectivity index (χ4v) is 2.29. The minimum atomic E-state index is 0.222. The van der Waals surface area contributed by atoms with Crippen molar-refractivity contribution in [1.29, 1.82) is 0 Å². The summed E-state index contributed by atoms with van der Waals surface area (Å²) in [5.41, 5.74) is 8.81. The fraction of sp³-hybridized carbons (Fsp3) is 0.500. The number of hydrogen-bond donors (Lipinski definition) is 1. The highest BCUT2D eigenvalue weighted by Crippen LogP contribution is 2.21. The van der Waals surface area contributed by atoms with E-state index in [9.17, 15) is 0 Å². The molecule has 86 valence electrons. The largest absolute Gasteiger partial charge is 0.327 e. The number of hydrogen-bond acceptors (Lipinski definition) is 2. The molecule has 0 spiro atoms. The smallest absolute Gasteiger partial charge is 0.0419 e. The van der Waals surface area contributed by atoms with Crippen LogP contribution in [0.3, 0.4) is 0 Å². The maximum absolute atomic E-state index is 6.16. The van der Waals surface area contributed by atoms with Gasteiger partial charge < -0.3 is 5.73 Å². The van der Waals surface area contributed by atoms with Gasteiger partial charge in [-0.3, -0.25) is 4.98 Å². The lowest BCUT2D eigenvalue weighted by atomic mass is 9.93. The quantitative estimate of drug-likeness (QED) is 0.786. The van der Waals surface area contributed by atoms with Crippen molar-refractivity contribution in [2.24, 2.45) is 5.73 Å². The number of rotatable bonds is 4. The molecule has 0 aromatic carbocycles. The van der Waals surface area contributed by atoms with Crippen LogP contribution in [0.15, 0.2) is 36.0 Å². The van der Waals surface area contributed by atoms with Gasteiger partial charge in [-0.05, 0) is 44.2 Å².